The van der Waals surface area contributed by atoms with Gasteiger partial charge >= 0.3 is 6.18 Å². The van der Waals surface area contributed by atoms with Crippen molar-refractivity contribution in [2.45, 2.75) is 13.1 Å². The lowest BCUT2D eigenvalue weighted by atomic mass is 10.2. The number of benzene rings is 1. The standard InChI is InChI=1S/C15H14F3N3O2/c1-2-23-13-7-10(3-5-12(13)22)8-20-21-14-6-4-11(9-19-14)15(16,17)18/h3-9,22H,2H2,1H3,(H,19,21)/b20-8-. The van der Waals surface area contributed by atoms with Crippen molar-refractivity contribution in [3.63, 3.8) is 0 Å². The predicted molar refractivity (Wildman–Crippen MR) is 79.7 cm³/mol. The van der Waals surface area contributed by atoms with Gasteiger partial charge in [-0.2, -0.15) is 18.3 Å². The largest absolute Gasteiger partial charge is 0.504 e. The Morgan fingerprint density at radius 1 is 1.30 bits per heavy atom. The fraction of sp³-hybridized carbons (Fsp3) is 0.200. The van der Waals surface area contributed by atoms with Crippen LogP contribution in [-0.4, -0.2) is 22.9 Å². The molecule has 0 atom stereocenters. The first kappa shape index (κ1) is 16.6. The molecule has 0 aliphatic rings. The molecular formula is C15H14F3N3O2. The Labute approximate surface area is 130 Å². The fourth-order valence-corrected chi connectivity index (χ4v) is 1.68. The van der Waals surface area contributed by atoms with Crippen LogP contribution in [0, 0.1) is 0 Å². The fourth-order valence-electron chi connectivity index (χ4n) is 1.68. The Morgan fingerprint density at radius 3 is 2.70 bits per heavy atom. The molecule has 0 spiro atoms. The third-order valence-electron chi connectivity index (χ3n) is 2.77. The van der Waals surface area contributed by atoms with E-state index in [-0.39, 0.29) is 11.6 Å². The molecule has 8 heteroatoms. The number of rotatable bonds is 5. The second-order valence-electron chi connectivity index (χ2n) is 4.46. The maximum absolute atomic E-state index is 12.4. The lowest BCUT2D eigenvalue weighted by Gasteiger charge is -2.07. The van der Waals surface area contributed by atoms with Gasteiger partial charge in [0, 0.05) is 6.20 Å². The van der Waals surface area contributed by atoms with Gasteiger partial charge in [-0.25, -0.2) is 4.98 Å². The SMILES string of the molecule is CCOc1cc(/C=N\Nc2ccc(C(F)(F)F)cn2)ccc1O. The molecule has 0 amide bonds. The van der Waals surface area contributed by atoms with Gasteiger partial charge < -0.3 is 9.84 Å². The topological polar surface area (TPSA) is 66.7 Å². The molecule has 23 heavy (non-hydrogen) atoms. The second-order valence-corrected chi connectivity index (χ2v) is 4.46. The molecule has 1 aromatic heterocycles. The molecule has 5 nitrogen and oxygen atoms in total. The van der Waals surface area contributed by atoms with Gasteiger partial charge in [-0.1, -0.05) is 0 Å². The molecule has 0 aliphatic carbocycles. The van der Waals surface area contributed by atoms with Gasteiger partial charge in [-0.05, 0) is 42.8 Å². The van der Waals surface area contributed by atoms with Crippen LogP contribution >= 0.6 is 0 Å². The first-order chi connectivity index (χ1) is 10.9. The molecule has 0 saturated carbocycles. The van der Waals surface area contributed by atoms with Gasteiger partial charge in [-0.15, -0.1) is 0 Å². The van der Waals surface area contributed by atoms with E-state index < -0.39 is 11.7 Å². The molecule has 0 bridgehead atoms. The summed E-state index contributed by atoms with van der Waals surface area (Å²) in [7, 11) is 0. The van der Waals surface area contributed by atoms with Crippen LogP contribution in [0.15, 0.2) is 41.6 Å². The number of phenols is 1. The summed E-state index contributed by atoms with van der Waals surface area (Å²) in [6, 6.07) is 6.76. The van der Waals surface area contributed by atoms with E-state index in [9.17, 15) is 18.3 Å². The number of pyridine rings is 1. The normalized spacial score (nSPS) is 11.7. The van der Waals surface area contributed by atoms with E-state index in [0.717, 1.165) is 12.3 Å². The average molecular weight is 325 g/mol. The van der Waals surface area contributed by atoms with Crippen LogP contribution in [0.25, 0.3) is 0 Å². The summed E-state index contributed by atoms with van der Waals surface area (Å²) in [4.78, 5) is 3.63. The van der Waals surface area contributed by atoms with E-state index in [1.165, 1.54) is 18.3 Å². The minimum Gasteiger partial charge on any atom is -0.504 e. The number of nitrogens with one attached hydrogen (secondary N) is 1. The van der Waals surface area contributed by atoms with Crippen LogP contribution in [0.3, 0.4) is 0 Å². The van der Waals surface area contributed by atoms with E-state index in [1.807, 2.05) is 0 Å². The second kappa shape index (κ2) is 6.99. The van der Waals surface area contributed by atoms with Crippen LogP contribution in [0.1, 0.15) is 18.1 Å². The zero-order chi connectivity index (χ0) is 16.9. The van der Waals surface area contributed by atoms with Gasteiger partial charge in [-0.3, -0.25) is 5.43 Å². The van der Waals surface area contributed by atoms with Crippen molar-refractivity contribution in [1.29, 1.82) is 0 Å². The van der Waals surface area contributed by atoms with E-state index >= 15 is 0 Å². The molecular weight excluding hydrogens is 311 g/mol. The van der Waals surface area contributed by atoms with Gasteiger partial charge in [0.2, 0.25) is 0 Å². The smallest absolute Gasteiger partial charge is 0.417 e. The van der Waals surface area contributed by atoms with Gasteiger partial charge in [0.05, 0.1) is 18.4 Å². The zero-order valence-electron chi connectivity index (χ0n) is 12.1. The number of nitrogens with zero attached hydrogens (tertiary/aromatic N) is 2. The monoisotopic (exact) mass is 325 g/mol. The maximum atomic E-state index is 12.4. The molecule has 122 valence electrons. The van der Waals surface area contributed by atoms with Crippen LogP contribution in [0.5, 0.6) is 11.5 Å². The molecule has 1 heterocycles. The highest BCUT2D eigenvalue weighted by atomic mass is 19.4. The third-order valence-corrected chi connectivity index (χ3v) is 2.77. The van der Waals surface area contributed by atoms with Crippen molar-refractivity contribution >= 4 is 12.0 Å². The van der Waals surface area contributed by atoms with E-state index in [0.29, 0.717) is 17.9 Å². The lowest BCUT2D eigenvalue weighted by Crippen LogP contribution is -2.05. The molecule has 0 aliphatic heterocycles. The van der Waals surface area contributed by atoms with Crippen molar-refractivity contribution in [3.8, 4) is 11.5 Å². The average Bonchev–Trinajstić information content (AvgIpc) is 2.50. The highest BCUT2D eigenvalue weighted by Gasteiger charge is 2.30. The van der Waals surface area contributed by atoms with Crippen LogP contribution in [-0.2, 0) is 6.18 Å². The number of aromatic nitrogens is 1. The number of hydrogen-bond acceptors (Lipinski definition) is 5. The van der Waals surface area contributed by atoms with E-state index in [4.69, 9.17) is 4.74 Å². The number of halogens is 3. The number of phenolic OH excluding ortho intramolecular Hbond substituents is 1. The van der Waals surface area contributed by atoms with E-state index in [2.05, 4.69) is 15.5 Å². The summed E-state index contributed by atoms with van der Waals surface area (Å²) in [5.41, 5.74) is 2.34. The number of hydrogen-bond donors (Lipinski definition) is 2. The van der Waals surface area contributed by atoms with Crippen LogP contribution in [0.2, 0.25) is 0 Å². The zero-order valence-corrected chi connectivity index (χ0v) is 12.1. The molecule has 0 unspecified atom stereocenters. The summed E-state index contributed by atoms with van der Waals surface area (Å²) >= 11 is 0. The van der Waals surface area contributed by atoms with Gasteiger partial charge in [0.1, 0.15) is 5.82 Å². The quantitative estimate of drug-likeness (QED) is 0.650. The van der Waals surface area contributed by atoms with Crippen LogP contribution in [0.4, 0.5) is 19.0 Å². The molecule has 0 fully saturated rings. The van der Waals surface area contributed by atoms with Crippen LogP contribution < -0.4 is 10.2 Å². The Morgan fingerprint density at radius 2 is 2.09 bits per heavy atom. The van der Waals surface area contributed by atoms with Crippen molar-refractivity contribution < 1.29 is 23.0 Å². The Kier molecular flexibility index (Phi) is 5.05. The molecule has 1 aromatic carbocycles. The minimum atomic E-state index is -4.42. The highest BCUT2D eigenvalue weighted by molar-refractivity contribution is 5.81. The molecule has 2 N–H and O–H groups in total. The number of ether oxygens (including phenoxy) is 1. The number of alkyl halides is 3. The number of anilines is 1. The minimum absolute atomic E-state index is 0.0152. The summed E-state index contributed by atoms with van der Waals surface area (Å²) in [5, 5.41) is 13.5. The Bertz CT molecular complexity index is 685. The highest BCUT2D eigenvalue weighted by Crippen LogP contribution is 2.29. The van der Waals surface area contributed by atoms with Crippen molar-refractivity contribution in [2.75, 3.05) is 12.0 Å². The molecule has 2 rings (SSSR count). The van der Waals surface area contributed by atoms with Gasteiger partial charge in [0.25, 0.3) is 0 Å². The lowest BCUT2D eigenvalue weighted by molar-refractivity contribution is -0.137. The third kappa shape index (κ3) is 4.60. The van der Waals surface area contributed by atoms with Crippen molar-refractivity contribution in [1.82, 2.24) is 4.98 Å². The summed E-state index contributed by atoms with van der Waals surface area (Å²) in [5.74, 6) is 0.517. The Balaban J connectivity index is 2.03. The van der Waals surface area contributed by atoms with Gasteiger partial charge in [0.15, 0.2) is 11.5 Å². The summed E-state index contributed by atoms with van der Waals surface area (Å²) < 4.78 is 42.4. The van der Waals surface area contributed by atoms with Crippen molar-refractivity contribution in [3.05, 3.63) is 47.7 Å². The molecule has 0 radical (unpaired) electrons. The maximum Gasteiger partial charge on any atom is 0.417 e. The molecule has 2 aromatic rings. The summed E-state index contributed by atoms with van der Waals surface area (Å²) in [6.07, 6.45) is -2.26. The van der Waals surface area contributed by atoms with E-state index in [1.54, 1.807) is 19.1 Å². The molecule has 0 saturated heterocycles. The predicted octanol–water partition coefficient (Wildman–Crippen LogP) is 3.65. The van der Waals surface area contributed by atoms with Crippen molar-refractivity contribution in [2.24, 2.45) is 5.10 Å². The number of hydrazone groups is 1. The number of aromatic hydroxyl groups is 1. The first-order valence-electron chi connectivity index (χ1n) is 6.68. The Hall–Kier alpha value is -2.77. The summed E-state index contributed by atoms with van der Waals surface area (Å²) in [6.45, 7) is 2.19. The first-order valence-corrected chi connectivity index (χ1v) is 6.68.